The van der Waals surface area contributed by atoms with Gasteiger partial charge in [0.2, 0.25) is 5.91 Å². The van der Waals surface area contributed by atoms with E-state index in [-0.39, 0.29) is 12.5 Å². The summed E-state index contributed by atoms with van der Waals surface area (Å²) in [6.45, 7) is 2.21. The first kappa shape index (κ1) is 18.6. The second-order valence-electron chi connectivity index (χ2n) is 5.62. The number of benzene rings is 2. The number of carbonyl (C=O) groups excluding carboxylic acids is 1. The Morgan fingerprint density at radius 1 is 1.04 bits per heavy atom. The van der Waals surface area contributed by atoms with Crippen LogP contribution in [0.5, 0.6) is 17.2 Å². The van der Waals surface area contributed by atoms with Crippen molar-refractivity contribution in [2.45, 2.75) is 19.5 Å². The zero-order valence-electron chi connectivity index (χ0n) is 15.0. The van der Waals surface area contributed by atoms with Crippen molar-refractivity contribution in [2.75, 3.05) is 21.3 Å². The lowest BCUT2D eigenvalue weighted by Gasteiger charge is -2.17. The van der Waals surface area contributed by atoms with Crippen molar-refractivity contribution in [2.24, 2.45) is 5.73 Å². The first-order valence-corrected chi connectivity index (χ1v) is 7.89. The standard InChI is InChI=1S/C19H24N2O4/c1-12-5-7-13(8-6-12)18(20)19(22)21-11-15-16(24-3)9-14(23-2)10-17(15)25-4/h5-10,18H,11,20H2,1-4H3,(H,21,22). The lowest BCUT2D eigenvalue weighted by molar-refractivity contribution is -0.122. The highest BCUT2D eigenvalue weighted by Gasteiger charge is 2.18. The molecule has 0 bridgehead atoms. The van der Waals surface area contributed by atoms with E-state index in [0.29, 0.717) is 17.2 Å². The van der Waals surface area contributed by atoms with Gasteiger partial charge < -0.3 is 25.3 Å². The van der Waals surface area contributed by atoms with Crippen molar-refractivity contribution in [3.05, 3.63) is 53.1 Å². The number of nitrogens with two attached hydrogens (primary N) is 1. The number of methoxy groups -OCH3 is 3. The number of ether oxygens (including phenoxy) is 3. The Labute approximate surface area is 147 Å². The predicted molar refractivity (Wildman–Crippen MR) is 96.1 cm³/mol. The molecule has 1 amide bonds. The molecule has 134 valence electrons. The van der Waals surface area contributed by atoms with Crippen molar-refractivity contribution in [3.63, 3.8) is 0 Å². The zero-order chi connectivity index (χ0) is 18.4. The average Bonchev–Trinajstić information content (AvgIpc) is 2.65. The Morgan fingerprint density at radius 2 is 1.60 bits per heavy atom. The average molecular weight is 344 g/mol. The van der Waals surface area contributed by atoms with E-state index in [0.717, 1.165) is 16.7 Å². The minimum absolute atomic E-state index is 0.231. The summed E-state index contributed by atoms with van der Waals surface area (Å²) in [4.78, 5) is 12.4. The van der Waals surface area contributed by atoms with Gasteiger partial charge in [0.05, 0.1) is 33.4 Å². The van der Waals surface area contributed by atoms with Crippen molar-refractivity contribution in [3.8, 4) is 17.2 Å². The second-order valence-corrected chi connectivity index (χ2v) is 5.62. The van der Waals surface area contributed by atoms with Gasteiger partial charge in [0, 0.05) is 12.1 Å². The summed E-state index contributed by atoms with van der Waals surface area (Å²) in [5.74, 6) is 1.48. The topological polar surface area (TPSA) is 82.8 Å². The van der Waals surface area contributed by atoms with Crippen molar-refractivity contribution in [1.29, 1.82) is 0 Å². The SMILES string of the molecule is COc1cc(OC)c(CNC(=O)C(N)c2ccc(C)cc2)c(OC)c1. The molecule has 1 unspecified atom stereocenters. The number of nitrogens with one attached hydrogen (secondary N) is 1. The fourth-order valence-corrected chi connectivity index (χ4v) is 2.46. The van der Waals surface area contributed by atoms with E-state index in [9.17, 15) is 4.79 Å². The monoisotopic (exact) mass is 344 g/mol. The van der Waals surface area contributed by atoms with E-state index in [2.05, 4.69) is 5.32 Å². The van der Waals surface area contributed by atoms with Crippen LogP contribution in [0.25, 0.3) is 0 Å². The molecule has 0 aliphatic rings. The third-order valence-electron chi connectivity index (χ3n) is 3.98. The molecule has 0 aliphatic heterocycles. The molecule has 0 heterocycles. The molecular formula is C19H24N2O4. The molecule has 0 aromatic heterocycles. The summed E-state index contributed by atoms with van der Waals surface area (Å²) < 4.78 is 16.0. The summed E-state index contributed by atoms with van der Waals surface area (Å²) in [7, 11) is 4.67. The Hall–Kier alpha value is -2.73. The highest BCUT2D eigenvalue weighted by molar-refractivity contribution is 5.83. The normalized spacial score (nSPS) is 11.6. The van der Waals surface area contributed by atoms with E-state index >= 15 is 0 Å². The molecule has 6 nitrogen and oxygen atoms in total. The van der Waals surface area contributed by atoms with Crippen LogP contribution in [0, 0.1) is 6.92 Å². The lowest BCUT2D eigenvalue weighted by Crippen LogP contribution is -2.33. The van der Waals surface area contributed by atoms with Crippen LogP contribution in [0.1, 0.15) is 22.7 Å². The maximum absolute atomic E-state index is 12.4. The molecule has 0 saturated heterocycles. The van der Waals surface area contributed by atoms with Crippen LogP contribution in [-0.4, -0.2) is 27.2 Å². The number of aryl methyl sites for hydroxylation is 1. The van der Waals surface area contributed by atoms with Gasteiger partial charge in [0.15, 0.2) is 0 Å². The molecule has 3 N–H and O–H groups in total. The van der Waals surface area contributed by atoms with Gasteiger partial charge in [-0.25, -0.2) is 0 Å². The van der Waals surface area contributed by atoms with Crippen molar-refractivity contribution < 1.29 is 19.0 Å². The molecule has 25 heavy (non-hydrogen) atoms. The number of carbonyl (C=O) groups is 1. The summed E-state index contributed by atoms with van der Waals surface area (Å²) in [6.07, 6.45) is 0. The molecule has 2 aromatic rings. The maximum Gasteiger partial charge on any atom is 0.241 e. The fraction of sp³-hybridized carbons (Fsp3) is 0.316. The molecule has 0 saturated carbocycles. The minimum atomic E-state index is -0.740. The maximum atomic E-state index is 12.4. The Bertz CT molecular complexity index is 704. The highest BCUT2D eigenvalue weighted by atomic mass is 16.5. The van der Waals surface area contributed by atoms with Gasteiger partial charge in [-0.05, 0) is 12.5 Å². The highest BCUT2D eigenvalue weighted by Crippen LogP contribution is 2.33. The van der Waals surface area contributed by atoms with Gasteiger partial charge in [-0.15, -0.1) is 0 Å². The third-order valence-corrected chi connectivity index (χ3v) is 3.98. The van der Waals surface area contributed by atoms with E-state index < -0.39 is 6.04 Å². The largest absolute Gasteiger partial charge is 0.496 e. The first-order valence-electron chi connectivity index (χ1n) is 7.89. The Balaban J connectivity index is 2.14. The molecule has 0 aliphatic carbocycles. The van der Waals surface area contributed by atoms with Gasteiger partial charge in [0.1, 0.15) is 23.3 Å². The van der Waals surface area contributed by atoms with Crippen LogP contribution < -0.4 is 25.3 Å². The Kier molecular flexibility index (Phi) is 6.25. The fourth-order valence-electron chi connectivity index (χ4n) is 2.46. The molecule has 0 radical (unpaired) electrons. The van der Waals surface area contributed by atoms with Crippen LogP contribution >= 0.6 is 0 Å². The molecule has 0 fully saturated rings. The van der Waals surface area contributed by atoms with E-state index in [4.69, 9.17) is 19.9 Å². The van der Waals surface area contributed by atoms with Gasteiger partial charge in [-0.1, -0.05) is 29.8 Å². The van der Waals surface area contributed by atoms with E-state index in [1.807, 2.05) is 31.2 Å². The van der Waals surface area contributed by atoms with Crippen LogP contribution in [0.15, 0.2) is 36.4 Å². The molecular weight excluding hydrogens is 320 g/mol. The third kappa shape index (κ3) is 4.42. The quantitative estimate of drug-likeness (QED) is 0.805. The smallest absolute Gasteiger partial charge is 0.241 e. The zero-order valence-corrected chi connectivity index (χ0v) is 15.0. The van der Waals surface area contributed by atoms with Gasteiger partial charge in [0.25, 0.3) is 0 Å². The Morgan fingerprint density at radius 3 is 2.08 bits per heavy atom. The van der Waals surface area contributed by atoms with Crippen LogP contribution in [0.4, 0.5) is 0 Å². The second kappa shape index (κ2) is 8.39. The van der Waals surface area contributed by atoms with Crippen LogP contribution in [-0.2, 0) is 11.3 Å². The summed E-state index contributed by atoms with van der Waals surface area (Å²) in [6, 6.07) is 10.3. The number of hydrogen-bond acceptors (Lipinski definition) is 5. The minimum Gasteiger partial charge on any atom is -0.496 e. The van der Waals surface area contributed by atoms with Crippen LogP contribution in [0.3, 0.4) is 0 Å². The van der Waals surface area contributed by atoms with Crippen molar-refractivity contribution >= 4 is 5.91 Å². The summed E-state index contributed by atoms with van der Waals surface area (Å²) >= 11 is 0. The van der Waals surface area contributed by atoms with Crippen molar-refractivity contribution in [1.82, 2.24) is 5.32 Å². The number of rotatable bonds is 7. The van der Waals surface area contributed by atoms with Gasteiger partial charge >= 0.3 is 0 Å². The first-order chi connectivity index (χ1) is 12.0. The molecule has 1 atom stereocenters. The lowest BCUT2D eigenvalue weighted by atomic mass is 10.1. The summed E-state index contributed by atoms with van der Waals surface area (Å²) in [5.41, 5.74) is 8.64. The summed E-state index contributed by atoms with van der Waals surface area (Å²) in [5, 5.41) is 2.83. The molecule has 2 aromatic carbocycles. The predicted octanol–water partition coefficient (Wildman–Crippen LogP) is 2.34. The molecule has 6 heteroatoms. The van der Waals surface area contributed by atoms with E-state index in [1.165, 1.54) is 0 Å². The number of amides is 1. The van der Waals surface area contributed by atoms with Gasteiger partial charge in [-0.3, -0.25) is 4.79 Å². The number of hydrogen-bond donors (Lipinski definition) is 2. The molecule has 2 rings (SSSR count). The van der Waals surface area contributed by atoms with Crippen LogP contribution in [0.2, 0.25) is 0 Å². The molecule has 0 spiro atoms. The van der Waals surface area contributed by atoms with Gasteiger partial charge in [-0.2, -0.15) is 0 Å². The van der Waals surface area contributed by atoms with E-state index in [1.54, 1.807) is 33.5 Å².